The van der Waals surface area contributed by atoms with E-state index < -0.39 is 11.9 Å². The number of carboxylic acid groups (broad SMARTS) is 1. The first-order chi connectivity index (χ1) is 7.11. The number of ether oxygens (including phenoxy) is 1. The van der Waals surface area contributed by atoms with Crippen LogP contribution >= 0.6 is 0 Å². The quantitative estimate of drug-likeness (QED) is 0.713. The third kappa shape index (κ3) is 3.26. The van der Waals surface area contributed by atoms with E-state index >= 15 is 0 Å². The lowest BCUT2D eigenvalue weighted by Crippen LogP contribution is -2.15. The smallest absolute Gasteiger partial charge is 0.339 e. The zero-order valence-corrected chi connectivity index (χ0v) is 7.84. The molecule has 1 amide bonds. The minimum atomic E-state index is -1.11. The van der Waals surface area contributed by atoms with Gasteiger partial charge in [0.1, 0.15) is 5.56 Å². The Morgan fingerprint density at radius 2 is 2.27 bits per heavy atom. The van der Waals surface area contributed by atoms with Crippen LogP contribution in [0.5, 0.6) is 5.75 Å². The summed E-state index contributed by atoms with van der Waals surface area (Å²) in [4.78, 5) is 24.9. The molecule has 0 bridgehead atoms. The van der Waals surface area contributed by atoms with Crippen LogP contribution in [0.4, 0.5) is 0 Å². The predicted octanol–water partition coefficient (Wildman–Crippen LogP) is 0.0340. The van der Waals surface area contributed by atoms with Crippen LogP contribution in [0.2, 0.25) is 0 Å². The van der Waals surface area contributed by atoms with Crippen molar-refractivity contribution in [3.63, 3.8) is 0 Å². The zero-order chi connectivity index (χ0) is 11.3. The fourth-order valence-corrected chi connectivity index (χ4v) is 0.933. The minimum absolute atomic E-state index is 0.00877. The lowest BCUT2D eigenvalue weighted by molar-refractivity contribution is -0.118. The highest BCUT2D eigenvalue weighted by Gasteiger charge is 2.10. The van der Waals surface area contributed by atoms with E-state index in [2.05, 4.69) is 4.98 Å². The summed E-state index contributed by atoms with van der Waals surface area (Å²) in [5, 5.41) is 8.77. The molecule has 3 N–H and O–H groups in total. The second-order valence-electron chi connectivity index (χ2n) is 2.74. The van der Waals surface area contributed by atoms with Gasteiger partial charge in [0, 0.05) is 6.20 Å². The van der Waals surface area contributed by atoms with Gasteiger partial charge in [-0.1, -0.05) is 0 Å². The van der Waals surface area contributed by atoms with E-state index in [4.69, 9.17) is 15.6 Å². The largest absolute Gasteiger partial charge is 0.491 e. The Bertz CT molecular complexity index is 378. The van der Waals surface area contributed by atoms with Crippen LogP contribution in [-0.4, -0.2) is 28.6 Å². The van der Waals surface area contributed by atoms with Gasteiger partial charge in [0.2, 0.25) is 5.91 Å². The van der Waals surface area contributed by atoms with Crippen molar-refractivity contribution >= 4 is 11.9 Å². The number of aromatic carboxylic acids is 1. The standard InChI is InChI=1S/C9H10N2O4/c10-8(12)2-4-15-7-5-11-3-1-6(7)9(13)14/h1,3,5H,2,4H2,(H2,10,12)(H,13,14). The van der Waals surface area contributed by atoms with E-state index in [-0.39, 0.29) is 24.3 Å². The lowest BCUT2D eigenvalue weighted by Gasteiger charge is -2.06. The maximum Gasteiger partial charge on any atom is 0.339 e. The fraction of sp³-hybridized carbons (Fsp3) is 0.222. The van der Waals surface area contributed by atoms with Crippen LogP contribution in [0.25, 0.3) is 0 Å². The Kier molecular flexibility index (Phi) is 3.61. The number of nitrogens with zero attached hydrogens (tertiary/aromatic N) is 1. The third-order valence-corrected chi connectivity index (χ3v) is 1.62. The van der Waals surface area contributed by atoms with Crippen molar-refractivity contribution in [2.24, 2.45) is 5.73 Å². The highest BCUT2D eigenvalue weighted by molar-refractivity contribution is 5.90. The molecule has 0 saturated heterocycles. The molecule has 1 heterocycles. The molecule has 15 heavy (non-hydrogen) atoms. The summed E-state index contributed by atoms with van der Waals surface area (Å²) in [6, 6.07) is 1.32. The Morgan fingerprint density at radius 1 is 1.53 bits per heavy atom. The van der Waals surface area contributed by atoms with Crippen molar-refractivity contribution in [1.82, 2.24) is 4.98 Å². The summed E-state index contributed by atoms with van der Waals surface area (Å²) >= 11 is 0. The van der Waals surface area contributed by atoms with E-state index in [1.165, 1.54) is 18.5 Å². The number of hydrogen-bond donors (Lipinski definition) is 2. The van der Waals surface area contributed by atoms with Crippen molar-refractivity contribution in [2.75, 3.05) is 6.61 Å². The zero-order valence-electron chi connectivity index (χ0n) is 7.84. The molecular weight excluding hydrogens is 200 g/mol. The molecule has 0 fully saturated rings. The summed E-state index contributed by atoms with van der Waals surface area (Å²) in [5.74, 6) is -1.48. The first-order valence-electron chi connectivity index (χ1n) is 4.19. The van der Waals surface area contributed by atoms with Crippen LogP contribution in [0.1, 0.15) is 16.8 Å². The number of aromatic nitrogens is 1. The molecule has 0 radical (unpaired) electrons. The van der Waals surface area contributed by atoms with Crippen LogP contribution in [0, 0.1) is 0 Å². The van der Waals surface area contributed by atoms with E-state index in [0.717, 1.165) is 0 Å². The molecule has 1 aromatic heterocycles. The molecule has 0 aromatic carbocycles. The Labute approximate surface area is 85.7 Å². The number of carbonyl (C=O) groups excluding carboxylic acids is 1. The maximum atomic E-state index is 10.7. The van der Waals surface area contributed by atoms with Gasteiger partial charge in [-0.15, -0.1) is 0 Å². The maximum absolute atomic E-state index is 10.7. The predicted molar refractivity (Wildman–Crippen MR) is 50.5 cm³/mol. The second kappa shape index (κ2) is 4.94. The van der Waals surface area contributed by atoms with E-state index in [0.29, 0.717) is 0 Å². The van der Waals surface area contributed by atoms with Crippen molar-refractivity contribution in [3.05, 3.63) is 24.0 Å². The summed E-state index contributed by atoms with van der Waals surface area (Å²) in [6.45, 7) is 0.0430. The average Bonchev–Trinajstić information content (AvgIpc) is 2.17. The van der Waals surface area contributed by atoms with E-state index in [1.807, 2.05) is 0 Å². The summed E-state index contributed by atoms with van der Waals surface area (Å²) in [5.41, 5.74) is 4.91. The normalized spacial score (nSPS) is 9.60. The molecule has 0 saturated carbocycles. The van der Waals surface area contributed by atoms with Crippen LogP contribution in [0.3, 0.4) is 0 Å². The molecule has 0 unspecified atom stereocenters. The first kappa shape index (κ1) is 11.0. The van der Waals surface area contributed by atoms with Gasteiger partial charge < -0.3 is 15.6 Å². The minimum Gasteiger partial charge on any atom is -0.491 e. The monoisotopic (exact) mass is 210 g/mol. The number of rotatable bonds is 5. The molecular formula is C9H10N2O4. The van der Waals surface area contributed by atoms with Gasteiger partial charge in [-0.05, 0) is 6.07 Å². The topological polar surface area (TPSA) is 103 Å². The SMILES string of the molecule is NC(=O)CCOc1cnccc1C(=O)O. The lowest BCUT2D eigenvalue weighted by atomic mass is 10.2. The molecule has 0 aliphatic rings. The van der Waals surface area contributed by atoms with Crippen molar-refractivity contribution < 1.29 is 19.4 Å². The van der Waals surface area contributed by atoms with Crippen molar-refractivity contribution in [3.8, 4) is 5.75 Å². The van der Waals surface area contributed by atoms with Gasteiger partial charge in [0.15, 0.2) is 5.75 Å². The van der Waals surface area contributed by atoms with Gasteiger partial charge >= 0.3 is 5.97 Å². The van der Waals surface area contributed by atoms with Crippen molar-refractivity contribution in [1.29, 1.82) is 0 Å². The molecule has 0 aliphatic heterocycles. The van der Waals surface area contributed by atoms with Gasteiger partial charge in [0.05, 0.1) is 19.2 Å². The van der Waals surface area contributed by atoms with Gasteiger partial charge in [0.25, 0.3) is 0 Å². The summed E-state index contributed by atoms with van der Waals surface area (Å²) in [7, 11) is 0. The summed E-state index contributed by atoms with van der Waals surface area (Å²) < 4.78 is 5.07. The highest BCUT2D eigenvalue weighted by Crippen LogP contribution is 2.16. The fourth-order valence-electron chi connectivity index (χ4n) is 0.933. The van der Waals surface area contributed by atoms with E-state index in [1.54, 1.807) is 0 Å². The van der Waals surface area contributed by atoms with Crippen LogP contribution in [-0.2, 0) is 4.79 Å². The third-order valence-electron chi connectivity index (χ3n) is 1.62. The Balaban J connectivity index is 2.67. The number of carbonyl (C=O) groups is 2. The number of pyridine rings is 1. The van der Waals surface area contributed by atoms with Crippen LogP contribution < -0.4 is 10.5 Å². The average molecular weight is 210 g/mol. The molecule has 1 aromatic rings. The molecule has 6 heteroatoms. The highest BCUT2D eigenvalue weighted by atomic mass is 16.5. The molecule has 0 atom stereocenters. The Hall–Kier alpha value is -2.11. The second-order valence-corrected chi connectivity index (χ2v) is 2.74. The Morgan fingerprint density at radius 3 is 2.87 bits per heavy atom. The number of hydrogen-bond acceptors (Lipinski definition) is 4. The number of nitrogens with two attached hydrogens (primary N) is 1. The summed E-state index contributed by atoms with van der Waals surface area (Å²) in [6.07, 6.45) is 2.67. The van der Waals surface area contributed by atoms with Crippen molar-refractivity contribution in [2.45, 2.75) is 6.42 Å². The molecule has 1 rings (SSSR count). The van der Waals surface area contributed by atoms with Crippen LogP contribution in [0.15, 0.2) is 18.5 Å². The molecule has 80 valence electrons. The molecule has 0 aliphatic carbocycles. The number of amides is 1. The molecule has 6 nitrogen and oxygen atoms in total. The molecule has 0 spiro atoms. The van der Waals surface area contributed by atoms with E-state index in [9.17, 15) is 9.59 Å². The van der Waals surface area contributed by atoms with Gasteiger partial charge in [-0.2, -0.15) is 0 Å². The van der Waals surface area contributed by atoms with Gasteiger partial charge in [-0.3, -0.25) is 9.78 Å². The number of carboxylic acids is 1. The first-order valence-corrected chi connectivity index (χ1v) is 4.19. The number of primary amides is 1. The van der Waals surface area contributed by atoms with Gasteiger partial charge in [-0.25, -0.2) is 4.79 Å².